The molecule has 1 aromatic carbocycles. The highest BCUT2D eigenvalue weighted by molar-refractivity contribution is 9.10. The molecule has 1 unspecified atom stereocenters. The second-order valence-corrected chi connectivity index (χ2v) is 5.08. The van der Waals surface area contributed by atoms with E-state index in [1.807, 2.05) is 0 Å². The van der Waals surface area contributed by atoms with Crippen molar-refractivity contribution in [3.05, 3.63) is 28.5 Å². The summed E-state index contributed by atoms with van der Waals surface area (Å²) in [6.07, 6.45) is 0.480. The third kappa shape index (κ3) is 2.11. The smallest absolute Gasteiger partial charge is 0.202 e. The summed E-state index contributed by atoms with van der Waals surface area (Å²) >= 11 is 3.13. The summed E-state index contributed by atoms with van der Waals surface area (Å²) < 4.78 is 25.0. The molecule has 0 aromatic heterocycles. The summed E-state index contributed by atoms with van der Waals surface area (Å²) in [5.74, 6) is -0.396. The summed E-state index contributed by atoms with van der Waals surface area (Å²) in [6, 6.07) is 4.58. The van der Waals surface area contributed by atoms with Gasteiger partial charge in [-0.2, -0.15) is 0 Å². The summed E-state index contributed by atoms with van der Waals surface area (Å²) in [6.45, 7) is 1.78. The minimum atomic E-state index is -1.55. The molecule has 12 heavy (non-hydrogen) atoms. The molecular weight excluding hydrogens is 242 g/mol. The third-order valence-corrected chi connectivity index (χ3v) is 3.43. The van der Waals surface area contributed by atoms with Crippen LogP contribution in [0.15, 0.2) is 22.7 Å². The molecule has 0 N–H and O–H groups in total. The minimum absolute atomic E-state index is 0.315. The van der Waals surface area contributed by atoms with E-state index in [1.54, 1.807) is 19.1 Å². The maximum absolute atomic E-state index is 13.1. The molecule has 0 heterocycles. The fourth-order valence-electron chi connectivity index (χ4n) is 0.854. The Bertz CT molecular complexity index is 314. The molecule has 0 amide bonds. The number of rotatable bonds is 2. The molecule has 0 spiro atoms. The van der Waals surface area contributed by atoms with Crippen molar-refractivity contribution in [2.75, 3.05) is 6.16 Å². The van der Waals surface area contributed by atoms with E-state index < -0.39 is 13.6 Å². The Kier molecular flexibility index (Phi) is 3.36. The van der Waals surface area contributed by atoms with Crippen molar-refractivity contribution >= 4 is 29.0 Å². The minimum Gasteiger partial charge on any atom is -0.202 e. The standard InChI is InChI=1S/C8H8BrFOP/c1-2-12(11)8-4-3-6(9)5-7(8)10/h3-5H,2H2,1H3/q+1. The Morgan fingerprint density at radius 2 is 2.25 bits per heavy atom. The second kappa shape index (κ2) is 4.11. The summed E-state index contributed by atoms with van der Waals surface area (Å²) in [4.78, 5) is 0. The molecule has 0 aliphatic carbocycles. The molecule has 4 heteroatoms. The molecule has 0 fully saturated rings. The molecule has 1 aromatic rings. The van der Waals surface area contributed by atoms with Crippen molar-refractivity contribution in [2.45, 2.75) is 6.92 Å². The SMILES string of the molecule is CC[P+](=O)c1ccc(Br)cc1F. The molecular formula is C8H8BrFOP+. The maximum Gasteiger partial charge on any atom is 0.379 e. The van der Waals surface area contributed by atoms with Gasteiger partial charge in [0.1, 0.15) is 6.16 Å². The largest absolute Gasteiger partial charge is 0.379 e. The first-order valence-electron chi connectivity index (χ1n) is 3.55. The van der Waals surface area contributed by atoms with Gasteiger partial charge in [-0.1, -0.05) is 20.5 Å². The second-order valence-electron chi connectivity index (χ2n) is 2.29. The van der Waals surface area contributed by atoms with Crippen molar-refractivity contribution in [1.82, 2.24) is 0 Å². The lowest BCUT2D eigenvalue weighted by atomic mass is 10.3. The first-order chi connectivity index (χ1) is 5.65. The molecule has 0 radical (unpaired) electrons. The van der Waals surface area contributed by atoms with Crippen LogP contribution in [-0.2, 0) is 4.57 Å². The van der Waals surface area contributed by atoms with Crippen LogP contribution in [0.3, 0.4) is 0 Å². The predicted octanol–water partition coefficient (Wildman–Crippen LogP) is 3.06. The van der Waals surface area contributed by atoms with Crippen LogP contribution in [0, 0.1) is 5.82 Å². The van der Waals surface area contributed by atoms with Crippen molar-refractivity contribution in [2.24, 2.45) is 0 Å². The average molecular weight is 250 g/mol. The van der Waals surface area contributed by atoms with Gasteiger partial charge in [-0.05, 0) is 25.1 Å². The van der Waals surface area contributed by atoms with E-state index >= 15 is 0 Å². The van der Waals surface area contributed by atoms with Crippen LogP contribution in [0.2, 0.25) is 0 Å². The molecule has 0 aliphatic heterocycles. The van der Waals surface area contributed by atoms with Crippen LogP contribution in [0.4, 0.5) is 4.39 Å². The molecule has 0 bridgehead atoms. The van der Waals surface area contributed by atoms with Crippen molar-refractivity contribution in [3.63, 3.8) is 0 Å². The van der Waals surface area contributed by atoms with E-state index in [1.165, 1.54) is 6.07 Å². The van der Waals surface area contributed by atoms with Crippen LogP contribution in [0.5, 0.6) is 0 Å². The van der Waals surface area contributed by atoms with Crippen molar-refractivity contribution in [1.29, 1.82) is 0 Å². The molecule has 1 atom stereocenters. The lowest BCUT2D eigenvalue weighted by Gasteiger charge is -1.91. The van der Waals surface area contributed by atoms with E-state index in [-0.39, 0.29) is 0 Å². The first kappa shape index (κ1) is 9.82. The van der Waals surface area contributed by atoms with Gasteiger partial charge in [-0.3, -0.25) is 0 Å². The summed E-state index contributed by atoms with van der Waals surface area (Å²) in [7, 11) is -1.55. The fourth-order valence-corrected chi connectivity index (χ4v) is 2.07. The van der Waals surface area contributed by atoms with Gasteiger partial charge in [-0.15, -0.1) is 0 Å². The van der Waals surface area contributed by atoms with E-state index in [2.05, 4.69) is 15.9 Å². The average Bonchev–Trinajstić information content (AvgIpc) is 2.03. The number of hydrogen-bond acceptors (Lipinski definition) is 1. The van der Waals surface area contributed by atoms with Gasteiger partial charge < -0.3 is 0 Å². The zero-order valence-corrected chi connectivity index (χ0v) is 9.03. The van der Waals surface area contributed by atoms with Crippen LogP contribution in [-0.4, -0.2) is 6.16 Å². The Hall–Kier alpha value is -0.270. The van der Waals surface area contributed by atoms with E-state index in [9.17, 15) is 8.96 Å². The quantitative estimate of drug-likeness (QED) is 0.737. The highest BCUT2D eigenvalue weighted by Gasteiger charge is 2.21. The Labute approximate surface area is 79.9 Å². The molecule has 1 rings (SSSR count). The molecule has 0 saturated carbocycles. The highest BCUT2D eigenvalue weighted by atomic mass is 79.9. The Morgan fingerprint density at radius 1 is 1.58 bits per heavy atom. The van der Waals surface area contributed by atoms with Gasteiger partial charge in [0.15, 0.2) is 5.82 Å². The topological polar surface area (TPSA) is 17.1 Å². The number of benzene rings is 1. The predicted molar refractivity (Wildman–Crippen MR) is 51.9 cm³/mol. The summed E-state index contributed by atoms with van der Waals surface area (Å²) in [5.41, 5.74) is 0. The Balaban J connectivity index is 3.09. The van der Waals surface area contributed by atoms with Gasteiger partial charge >= 0.3 is 7.80 Å². The zero-order chi connectivity index (χ0) is 9.14. The van der Waals surface area contributed by atoms with Gasteiger partial charge in [0.05, 0.1) is 0 Å². The molecule has 1 nitrogen and oxygen atoms in total. The molecule has 0 saturated heterocycles. The van der Waals surface area contributed by atoms with Gasteiger partial charge in [-0.25, -0.2) is 4.39 Å². The monoisotopic (exact) mass is 249 g/mol. The number of halogens is 2. The van der Waals surface area contributed by atoms with Crippen molar-refractivity contribution < 1.29 is 8.96 Å². The van der Waals surface area contributed by atoms with E-state index in [0.717, 1.165) is 0 Å². The third-order valence-electron chi connectivity index (χ3n) is 1.47. The lowest BCUT2D eigenvalue weighted by molar-refractivity contribution is 0.590. The van der Waals surface area contributed by atoms with Gasteiger partial charge in [0, 0.05) is 4.47 Å². The van der Waals surface area contributed by atoms with Crippen LogP contribution < -0.4 is 5.30 Å². The maximum atomic E-state index is 13.1. The fraction of sp³-hybridized carbons (Fsp3) is 0.250. The molecule has 0 aliphatic rings. The molecule has 64 valence electrons. The zero-order valence-electron chi connectivity index (χ0n) is 6.55. The van der Waals surface area contributed by atoms with Crippen molar-refractivity contribution in [3.8, 4) is 0 Å². The normalized spacial score (nSPS) is 11.4. The van der Waals surface area contributed by atoms with E-state index in [0.29, 0.717) is 15.9 Å². The first-order valence-corrected chi connectivity index (χ1v) is 5.78. The summed E-state index contributed by atoms with van der Waals surface area (Å²) in [5, 5.41) is 0.315. The highest BCUT2D eigenvalue weighted by Crippen LogP contribution is 2.22. The lowest BCUT2D eigenvalue weighted by Crippen LogP contribution is -2.03. The van der Waals surface area contributed by atoms with E-state index in [4.69, 9.17) is 0 Å². The van der Waals surface area contributed by atoms with Crippen LogP contribution >= 0.6 is 23.7 Å². The van der Waals surface area contributed by atoms with Crippen LogP contribution in [0.1, 0.15) is 6.92 Å². The number of hydrogen-bond donors (Lipinski definition) is 0. The Morgan fingerprint density at radius 3 is 2.75 bits per heavy atom. The van der Waals surface area contributed by atoms with Crippen LogP contribution in [0.25, 0.3) is 0 Å². The van der Waals surface area contributed by atoms with Gasteiger partial charge in [0.25, 0.3) is 0 Å². The van der Waals surface area contributed by atoms with Gasteiger partial charge in [0.2, 0.25) is 5.30 Å².